The van der Waals surface area contributed by atoms with Crippen LogP contribution < -0.4 is 11.1 Å². The Labute approximate surface area is 112 Å². The van der Waals surface area contributed by atoms with E-state index in [1.165, 1.54) is 0 Å². The molecule has 2 unspecified atom stereocenters. The average molecular weight is 257 g/mol. The number of hydrogen-bond donors (Lipinski definition) is 3. The lowest BCUT2D eigenvalue weighted by Crippen LogP contribution is -2.39. The van der Waals surface area contributed by atoms with Crippen LogP contribution in [0.1, 0.15) is 29.6 Å². The number of amides is 1. The standard InChI is InChI=1S/C15H19N3O/c16-9-11-4-2-6-13(11)18-15(19)12-5-1-3-10-7-8-17-14(10)12/h1,3,5,7-8,11,13,17H,2,4,6,9,16H2,(H,18,19). The Balaban J connectivity index is 1.82. The molecule has 100 valence electrons. The maximum atomic E-state index is 12.4. The molecule has 0 saturated heterocycles. The molecular weight excluding hydrogens is 238 g/mol. The molecule has 1 saturated carbocycles. The van der Waals surface area contributed by atoms with Crippen LogP contribution in [0.2, 0.25) is 0 Å². The van der Waals surface area contributed by atoms with E-state index in [2.05, 4.69) is 10.3 Å². The predicted molar refractivity (Wildman–Crippen MR) is 75.9 cm³/mol. The molecule has 1 fully saturated rings. The lowest BCUT2D eigenvalue weighted by molar-refractivity contribution is 0.0930. The zero-order valence-corrected chi connectivity index (χ0v) is 10.9. The molecule has 2 atom stereocenters. The van der Waals surface area contributed by atoms with Gasteiger partial charge in [0.1, 0.15) is 0 Å². The van der Waals surface area contributed by atoms with E-state index in [0.717, 1.165) is 30.2 Å². The molecule has 2 aromatic rings. The molecule has 1 aromatic heterocycles. The van der Waals surface area contributed by atoms with Crippen LogP contribution in [0.25, 0.3) is 10.9 Å². The predicted octanol–water partition coefficient (Wildman–Crippen LogP) is 2.03. The number of nitrogens with two attached hydrogens (primary N) is 1. The van der Waals surface area contributed by atoms with Gasteiger partial charge in [-0.25, -0.2) is 0 Å². The van der Waals surface area contributed by atoms with Gasteiger partial charge in [0, 0.05) is 17.6 Å². The van der Waals surface area contributed by atoms with Crippen molar-refractivity contribution in [2.45, 2.75) is 25.3 Å². The first-order chi connectivity index (χ1) is 9.29. The van der Waals surface area contributed by atoms with E-state index in [-0.39, 0.29) is 11.9 Å². The first-order valence-electron chi connectivity index (χ1n) is 6.86. The van der Waals surface area contributed by atoms with Crippen molar-refractivity contribution in [2.75, 3.05) is 6.54 Å². The van der Waals surface area contributed by atoms with E-state index in [1.807, 2.05) is 30.5 Å². The molecule has 19 heavy (non-hydrogen) atoms. The SMILES string of the molecule is NCC1CCCC1NC(=O)c1cccc2cc[nH]c12. The number of para-hydroxylation sites is 1. The van der Waals surface area contributed by atoms with Gasteiger partial charge in [-0.2, -0.15) is 0 Å². The van der Waals surface area contributed by atoms with E-state index in [9.17, 15) is 4.79 Å². The van der Waals surface area contributed by atoms with Gasteiger partial charge in [0.2, 0.25) is 0 Å². The monoisotopic (exact) mass is 257 g/mol. The van der Waals surface area contributed by atoms with Crippen molar-refractivity contribution >= 4 is 16.8 Å². The van der Waals surface area contributed by atoms with E-state index >= 15 is 0 Å². The van der Waals surface area contributed by atoms with Crippen LogP contribution in [-0.2, 0) is 0 Å². The van der Waals surface area contributed by atoms with Gasteiger partial charge < -0.3 is 16.0 Å². The third-order valence-corrected chi connectivity index (χ3v) is 4.11. The Morgan fingerprint density at radius 1 is 1.37 bits per heavy atom. The van der Waals surface area contributed by atoms with Crippen LogP contribution >= 0.6 is 0 Å². The number of rotatable bonds is 3. The molecule has 0 radical (unpaired) electrons. The summed E-state index contributed by atoms with van der Waals surface area (Å²) in [6.07, 6.45) is 5.17. The Kier molecular flexibility index (Phi) is 3.25. The Bertz CT molecular complexity index is 590. The lowest BCUT2D eigenvalue weighted by atomic mass is 10.0. The van der Waals surface area contributed by atoms with Gasteiger partial charge in [0.25, 0.3) is 5.91 Å². The number of carbonyl (C=O) groups excluding carboxylic acids is 1. The highest BCUT2D eigenvalue weighted by molar-refractivity contribution is 6.05. The lowest BCUT2D eigenvalue weighted by Gasteiger charge is -2.19. The molecule has 1 aliphatic rings. The molecule has 1 heterocycles. The molecule has 3 rings (SSSR count). The first kappa shape index (κ1) is 12.2. The van der Waals surface area contributed by atoms with Gasteiger partial charge in [0.05, 0.1) is 11.1 Å². The van der Waals surface area contributed by atoms with Crippen molar-refractivity contribution < 1.29 is 4.79 Å². The highest BCUT2D eigenvalue weighted by atomic mass is 16.1. The van der Waals surface area contributed by atoms with Crippen LogP contribution in [0.5, 0.6) is 0 Å². The molecule has 4 N–H and O–H groups in total. The van der Waals surface area contributed by atoms with Crippen molar-refractivity contribution in [3.63, 3.8) is 0 Å². The number of hydrogen-bond acceptors (Lipinski definition) is 2. The Hall–Kier alpha value is -1.81. The van der Waals surface area contributed by atoms with Crippen LogP contribution in [0.3, 0.4) is 0 Å². The van der Waals surface area contributed by atoms with Gasteiger partial charge in [-0.1, -0.05) is 18.6 Å². The van der Waals surface area contributed by atoms with Crippen molar-refractivity contribution in [3.8, 4) is 0 Å². The first-order valence-corrected chi connectivity index (χ1v) is 6.86. The second kappa shape index (κ2) is 5.05. The van der Waals surface area contributed by atoms with Gasteiger partial charge in [-0.15, -0.1) is 0 Å². The minimum absolute atomic E-state index is 0.00148. The summed E-state index contributed by atoms with van der Waals surface area (Å²) in [5.74, 6) is 0.421. The van der Waals surface area contributed by atoms with Crippen LogP contribution in [0.15, 0.2) is 30.5 Å². The quantitative estimate of drug-likeness (QED) is 0.787. The number of fused-ring (bicyclic) bond motifs is 1. The number of nitrogens with one attached hydrogen (secondary N) is 2. The second-order valence-electron chi connectivity index (χ2n) is 5.25. The molecule has 1 amide bonds. The van der Waals surface area contributed by atoms with Crippen molar-refractivity contribution in [1.29, 1.82) is 0 Å². The summed E-state index contributed by atoms with van der Waals surface area (Å²) in [6.45, 7) is 0.650. The van der Waals surface area contributed by atoms with Gasteiger partial charge >= 0.3 is 0 Å². The molecule has 1 aromatic carbocycles. The summed E-state index contributed by atoms with van der Waals surface area (Å²) in [5, 5.41) is 4.20. The van der Waals surface area contributed by atoms with Crippen molar-refractivity contribution in [1.82, 2.24) is 10.3 Å². The highest BCUT2D eigenvalue weighted by Crippen LogP contribution is 2.25. The summed E-state index contributed by atoms with van der Waals surface area (Å²) < 4.78 is 0. The second-order valence-corrected chi connectivity index (χ2v) is 5.25. The van der Waals surface area contributed by atoms with Crippen molar-refractivity contribution in [3.05, 3.63) is 36.0 Å². The zero-order chi connectivity index (χ0) is 13.2. The summed E-state index contributed by atoms with van der Waals surface area (Å²) in [4.78, 5) is 15.5. The summed E-state index contributed by atoms with van der Waals surface area (Å²) in [6, 6.07) is 7.98. The molecule has 0 bridgehead atoms. The fraction of sp³-hybridized carbons (Fsp3) is 0.400. The number of aromatic amines is 1. The van der Waals surface area contributed by atoms with Crippen LogP contribution in [0, 0.1) is 5.92 Å². The summed E-state index contributed by atoms with van der Waals surface area (Å²) in [7, 11) is 0. The summed E-state index contributed by atoms with van der Waals surface area (Å²) in [5.41, 5.74) is 7.37. The van der Waals surface area contributed by atoms with E-state index in [0.29, 0.717) is 18.0 Å². The largest absolute Gasteiger partial charge is 0.361 e. The normalized spacial score (nSPS) is 22.8. The van der Waals surface area contributed by atoms with Crippen molar-refractivity contribution in [2.24, 2.45) is 11.7 Å². The minimum Gasteiger partial charge on any atom is -0.361 e. The molecule has 4 nitrogen and oxygen atoms in total. The fourth-order valence-electron chi connectivity index (χ4n) is 3.03. The van der Waals surface area contributed by atoms with E-state index < -0.39 is 0 Å². The number of carbonyl (C=O) groups is 1. The number of benzene rings is 1. The molecular formula is C15H19N3O. The maximum absolute atomic E-state index is 12.4. The van der Waals surface area contributed by atoms with Crippen LogP contribution in [-0.4, -0.2) is 23.5 Å². The molecule has 0 spiro atoms. The topological polar surface area (TPSA) is 70.9 Å². The third kappa shape index (κ3) is 2.24. The minimum atomic E-state index is -0.00148. The zero-order valence-electron chi connectivity index (χ0n) is 10.9. The van der Waals surface area contributed by atoms with E-state index in [4.69, 9.17) is 5.73 Å². The number of H-pyrrole nitrogens is 1. The average Bonchev–Trinajstić information content (AvgIpc) is 3.05. The number of aromatic nitrogens is 1. The molecule has 4 heteroatoms. The third-order valence-electron chi connectivity index (χ3n) is 4.11. The fourth-order valence-corrected chi connectivity index (χ4v) is 3.03. The smallest absolute Gasteiger partial charge is 0.253 e. The maximum Gasteiger partial charge on any atom is 0.253 e. The van der Waals surface area contributed by atoms with Gasteiger partial charge in [-0.3, -0.25) is 4.79 Å². The Morgan fingerprint density at radius 3 is 3.11 bits per heavy atom. The van der Waals surface area contributed by atoms with Gasteiger partial charge in [0.15, 0.2) is 0 Å². The Morgan fingerprint density at radius 2 is 2.26 bits per heavy atom. The van der Waals surface area contributed by atoms with Gasteiger partial charge in [-0.05, 0) is 37.4 Å². The molecule has 0 aliphatic heterocycles. The van der Waals surface area contributed by atoms with Crippen LogP contribution in [0.4, 0.5) is 0 Å². The summed E-state index contributed by atoms with van der Waals surface area (Å²) >= 11 is 0. The molecule has 1 aliphatic carbocycles. The van der Waals surface area contributed by atoms with E-state index in [1.54, 1.807) is 0 Å². The highest BCUT2D eigenvalue weighted by Gasteiger charge is 2.27.